The van der Waals surface area contributed by atoms with Crippen molar-refractivity contribution < 1.29 is 9.90 Å². The van der Waals surface area contributed by atoms with E-state index < -0.39 is 0 Å². The van der Waals surface area contributed by atoms with Crippen LogP contribution in [0.1, 0.15) is 16.0 Å². The number of carbonyl (C=O) groups excluding carboxylic acids is 1. The van der Waals surface area contributed by atoms with Crippen molar-refractivity contribution in [3.05, 3.63) is 52.4 Å². The summed E-state index contributed by atoms with van der Waals surface area (Å²) in [7, 11) is 0. The molecule has 108 valence electrons. The summed E-state index contributed by atoms with van der Waals surface area (Å²) in [4.78, 5) is 19.6. The molecular formula is C16H16N2O2S. The maximum absolute atomic E-state index is 12.3. The first kappa shape index (κ1) is 14.0. The van der Waals surface area contributed by atoms with E-state index in [-0.39, 0.29) is 19.1 Å². The molecule has 0 saturated heterocycles. The number of aryl methyl sites for hydroxylation is 1. The minimum atomic E-state index is -0.0712. The monoisotopic (exact) mass is 300 g/mol. The van der Waals surface area contributed by atoms with E-state index in [1.54, 1.807) is 16.2 Å². The van der Waals surface area contributed by atoms with Gasteiger partial charge in [-0.15, -0.1) is 11.3 Å². The zero-order chi connectivity index (χ0) is 14.8. The van der Waals surface area contributed by atoms with Gasteiger partial charge in [-0.1, -0.05) is 30.3 Å². The molecule has 2 heterocycles. The Labute approximate surface area is 127 Å². The van der Waals surface area contributed by atoms with Crippen LogP contribution in [0.4, 0.5) is 5.00 Å². The maximum Gasteiger partial charge on any atom is 0.249 e. The van der Waals surface area contributed by atoms with E-state index in [9.17, 15) is 9.90 Å². The Balaban J connectivity index is 2.14. The Morgan fingerprint density at radius 2 is 2.10 bits per heavy atom. The molecule has 1 aromatic carbocycles. The molecule has 0 aliphatic carbocycles. The number of thiophene rings is 1. The smallest absolute Gasteiger partial charge is 0.249 e. The number of aliphatic imine (C=N–C) groups is 1. The number of aliphatic hydroxyl groups is 1. The van der Waals surface area contributed by atoms with Gasteiger partial charge in [0.15, 0.2) is 0 Å². The first-order chi connectivity index (χ1) is 10.2. The lowest BCUT2D eigenvalue weighted by molar-refractivity contribution is -0.117. The molecule has 4 nitrogen and oxygen atoms in total. The second kappa shape index (κ2) is 5.79. The molecule has 0 atom stereocenters. The molecule has 0 radical (unpaired) electrons. The molecule has 0 saturated carbocycles. The Hall–Kier alpha value is -1.98. The normalized spacial score (nSPS) is 14.7. The molecule has 1 N–H and O–H groups in total. The van der Waals surface area contributed by atoms with E-state index in [0.717, 1.165) is 26.7 Å². The highest BCUT2D eigenvalue weighted by molar-refractivity contribution is 7.16. The predicted molar refractivity (Wildman–Crippen MR) is 85.4 cm³/mol. The van der Waals surface area contributed by atoms with Crippen molar-refractivity contribution >= 4 is 28.0 Å². The molecule has 0 bridgehead atoms. The van der Waals surface area contributed by atoms with E-state index in [4.69, 9.17) is 0 Å². The van der Waals surface area contributed by atoms with E-state index in [0.29, 0.717) is 6.54 Å². The lowest BCUT2D eigenvalue weighted by Crippen LogP contribution is -2.34. The lowest BCUT2D eigenvalue weighted by atomic mass is 10.0. The fraction of sp³-hybridized carbons (Fsp3) is 0.250. The summed E-state index contributed by atoms with van der Waals surface area (Å²) in [5.41, 5.74) is 2.84. The molecule has 2 aromatic rings. The Morgan fingerprint density at radius 3 is 2.81 bits per heavy atom. The van der Waals surface area contributed by atoms with Gasteiger partial charge in [0.1, 0.15) is 11.5 Å². The number of aliphatic hydroxyl groups excluding tert-OH is 1. The third-order valence-electron chi connectivity index (χ3n) is 3.38. The van der Waals surface area contributed by atoms with Gasteiger partial charge in [0.25, 0.3) is 0 Å². The van der Waals surface area contributed by atoms with Crippen LogP contribution in [0.5, 0.6) is 0 Å². The molecule has 0 fully saturated rings. The summed E-state index contributed by atoms with van der Waals surface area (Å²) in [6.07, 6.45) is 0. The number of hydrogen-bond acceptors (Lipinski definition) is 4. The van der Waals surface area contributed by atoms with Crippen LogP contribution in [0.15, 0.2) is 41.4 Å². The van der Waals surface area contributed by atoms with E-state index in [1.807, 2.05) is 37.3 Å². The van der Waals surface area contributed by atoms with Crippen LogP contribution in [-0.4, -0.2) is 36.4 Å². The van der Waals surface area contributed by atoms with Gasteiger partial charge in [-0.25, -0.2) is 0 Å². The van der Waals surface area contributed by atoms with Gasteiger partial charge in [-0.2, -0.15) is 0 Å². The number of β-amino-alcohol motifs (C(OH)–C–C–N with tert-alkyl or cyclic N) is 1. The molecular weight excluding hydrogens is 284 g/mol. The van der Waals surface area contributed by atoms with Crippen LogP contribution in [0, 0.1) is 6.92 Å². The highest BCUT2D eigenvalue weighted by atomic mass is 32.1. The first-order valence-corrected chi connectivity index (χ1v) is 7.64. The van der Waals surface area contributed by atoms with E-state index in [1.165, 1.54) is 0 Å². The zero-order valence-corrected chi connectivity index (χ0v) is 12.6. The number of anilines is 1. The minimum Gasteiger partial charge on any atom is -0.395 e. The van der Waals surface area contributed by atoms with Crippen molar-refractivity contribution in [2.75, 3.05) is 24.6 Å². The van der Waals surface area contributed by atoms with Gasteiger partial charge in [-0.3, -0.25) is 14.7 Å². The number of nitrogens with zero attached hydrogens (tertiary/aromatic N) is 2. The molecule has 1 aliphatic heterocycles. The number of amides is 1. The van der Waals surface area contributed by atoms with Crippen molar-refractivity contribution in [2.45, 2.75) is 6.92 Å². The van der Waals surface area contributed by atoms with Gasteiger partial charge in [-0.05, 0) is 13.0 Å². The zero-order valence-electron chi connectivity index (χ0n) is 11.7. The third-order valence-corrected chi connectivity index (χ3v) is 4.45. The van der Waals surface area contributed by atoms with Crippen molar-refractivity contribution in [2.24, 2.45) is 4.99 Å². The van der Waals surface area contributed by atoms with Crippen LogP contribution in [0.2, 0.25) is 0 Å². The Kier molecular flexibility index (Phi) is 3.86. The second-order valence-corrected chi connectivity index (χ2v) is 6.11. The SMILES string of the molecule is Cc1cc2c(s1)N(CCO)C(=O)CN=C2c1ccccc1. The second-order valence-electron chi connectivity index (χ2n) is 4.88. The summed E-state index contributed by atoms with van der Waals surface area (Å²) in [5.74, 6) is -0.0712. The number of hydrogen-bond donors (Lipinski definition) is 1. The van der Waals surface area contributed by atoms with Crippen LogP contribution in [-0.2, 0) is 4.79 Å². The van der Waals surface area contributed by atoms with Crippen LogP contribution >= 0.6 is 11.3 Å². The van der Waals surface area contributed by atoms with Crippen molar-refractivity contribution in [3.8, 4) is 0 Å². The quantitative estimate of drug-likeness (QED) is 0.945. The van der Waals surface area contributed by atoms with Gasteiger partial charge in [0.2, 0.25) is 5.91 Å². The van der Waals surface area contributed by atoms with Gasteiger partial charge in [0.05, 0.1) is 12.3 Å². The summed E-state index contributed by atoms with van der Waals surface area (Å²) < 4.78 is 0. The maximum atomic E-state index is 12.3. The number of fused-ring (bicyclic) bond motifs is 1. The first-order valence-electron chi connectivity index (χ1n) is 6.82. The molecule has 21 heavy (non-hydrogen) atoms. The van der Waals surface area contributed by atoms with E-state index in [2.05, 4.69) is 11.1 Å². The standard InChI is InChI=1S/C16H16N2O2S/c1-11-9-13-15(12-5-3-2-4-6-12)17-10-14(20)18(7-8-19)16(13)21-11/h2-6,9,19H,7-8,10H2,1H3. The highest BCUT2D eigenvalue weighted by Crippen LogP contribution is 2.34. The van der Waals surface area contributed by atoms with Gasteiger partial charge >= 0.3 is 0 Å². The average Bonchev–Trinajstić information content (AvgIpc) is 2.82. The van der Waals surface area contributed by atoms with Gasteiger partial charge < -0.3 is 5.11 Å². The van der Waals surface area contributed by atoms with Crippen LogP contribution in [0.3, 0.4) is 0 Å². The summed E-state index contributed by atoms with van der Waals surface area (Å²) in [6, 6.07) is 12.0. The van der Waals surface area contributed by atoms with Crippen molar-refractivity contribution in [1.29, 1.82) is 0 Å². The summed E-state index contributed by atoms with van der Waals surface area (Å²) in [6.45, 7) is 2.39. The largest absolute Gasteiger partial charge is 0.395 e. The predicted octanol–water partition coefficient (Wildman–Crippen LogP) is 2.23. The number of rotatable bonds is 3. The molecule has 1 aromatic heterocycles. The molecule has 5 heteroatoms. The highest BCUT2D eigenvalue weighted by Gasteiger charge is 2.26. The molecule has 3 rings (SSSR count). The summed E-state index contributed by atoms with van der Waals surface area (Å²) >= 11 is 1.57. The molecule has 0 spiro atoms. The molecule has 1 aliphatic rings. The van der Waals surface area contributed by atoms with Crippen LogP contribution in [0.25, 0.3) is 0 Å². The average molecular weight is 300 g/mol. The Bertz CT molecular complexity index is 692. The number of benzene rings is 1. The molecule has 0 unspecified atom stereocenters. The number of carbonyl (C=O) groups is 1. The Morgan fingerprint density at radius 1 is 1.33 bits per heavy atom. The van der Waals surface area contributed by atoms with Crippen molar-refractivity contribution in [1.82, 2.24) is 0 Å². The van der Waals surface area contributed by atoms with Crippen LogP contribution < -0.4 is 4.90 Å². The summed E-state index contributed by atoms with van der Waals surface area (Å²) in [5, 5.41) is 10.1. The topological polar surface area (TPSA) is 52.9 Å². The third kappa shape index (κ3) is 2.62. The van der Waals surface area contributed by atoms with E-state index >= 15 is 0 Å². The van der Waals surface area contributed by atoms with Gasteiger partial charge in [0, 0.05) is 22.5 Å². The van der Waals surface area contributed by atoms with Crippen molar-refractivity contribution in [3.63, 3.8) is 0 Å². The lowest BCUT2D eigenvalue weighted by Gasteiger charge is -2.18. The fourth-order valence-corrected chi connectivity index (χ4v) is 3.52. The minimum absolute atomic E-state index is 0.0528. The fourth-order valence-electron chi connectivity index (χ4n) is 2.47. The molecule has 1 amide bonds.